The van der Waals surface area contributed by atoms with Crippen LogP contribution in [0.2, 0.25) is 0 Å². The van der Waals surface area contributed by atoms with Crippen LogP contribution in [0.3, 0.4) is 0 Å². The lowest BCUT2D eigenvalue weighted by molar-refractivity contribution is 0.0697. The molecule has 4 N–H and O–H groups in total. The van der Waals surface area contributed by atoms with Crippen molar-refractivity contribution < 1.29 is 45.0 Å². The molecule has 0 atom stereocenters. The van der Waals surface area contributed by atoms with Gasteiger partial charge in [-0.05, 0) is 53.2 Å². The Labute approximate surface area is 199 Å². The second kappa shape index (κ2) is 9.03. The molecule has 0 aliphatic heterocycles. The summed E-state index contributed by atoms with van der Waals surface area (Å²) in [5.74, 6) is -1.19. The third kappa shape index (κ3) is 5.44. The van der Waals surface area contributed by atoms with Crippen LogP contribution in [-0.2, 0) is 26.8 Å². The van der Waals surface area contributed by atoms with Crippen molar-refractivity contribution in [3.8, 4) is 11.5 Å². The highest BCUT2D eigenvalue weighted by Gasteiger charge is 2.24. The Kier molecular flexibility index (Phi) is 6.25. The van der Waals surface area contributed by atoms with Crippen molar-refractivity contribution in [2.24, 2.45) is 0 Å². The number of ether oxygens (including phenoxy) is 1. The highest BCUT2D eigenvalue weighted by atomic mass is 32.2. The molecular weight excluding hydrogens is 502 g/mol. The second-order valence-corrected chi connectivity index (χ2v) is 10.1. The number of rotatable bonds is 8. The lowest BCUT2D eigenvalue weighted by Crippen LogP contribution is -2.10. The summed E-state index contributed by atoms with van der Waals surface area (Å²) in [5.41, 5.74) is -0.414. The Morgan fingerprint density at radius 2 is 1.63 bits per heavy atom. The lowest BCUT2D eigenvalue weighted by atomic mass is 10.1. The maximum absolute atomic E-state index is 12.0. The monoisotopic (exact) mass is 519 g/mol. The minimum Gasteiger partial charge on any atom is -0.478 e. The molecule has 0 fully saturated rings. The molecule has 4 aromatic rings. The fourth-order valence-electron chi connectivity index (χ4n) is 3.31. The summed E-state index contributed by atoms with van der Waals surface area (Å²) in [5, 5.41) is 13.3. The van der Waals surface area contributed by atoms with Crippen LogP contribution in [0.5, 0.6) is 11.5 Å². The van der Waals surface area contributed by atoms with E-state index >= 15 is 0 Å². The first-order chi connectivity index (χ1) is 16.4. The van der Waals surface area contributed by atoms with Crippen LogP contribution in [0.15, 0.2) is 81.1 Å². The van der Waals surface area contributed by atoms with Crippen molar-refractivity contribution >= 4 is 42.7 Å². The highest BCUT2D eigenvalue weighted by Crippen LogP contribution is 2.35. The Morgan fingerprint density at radius 3 is 2.26 bits per heavy atom. The fourth-order valence-corrected chi connectivity index (χ4v) is 4.45. The standard InChI is InChI=1S/C22H17NO10S2/c24-22(25)18-10-21(35(29,30)31)20(11-19(18)23-12-16-2-1-7-32-16)33-15-5-3-14-9-17(34(26,27)28)6-4-13(14)8-15/h1-11,23H,12H2,(H,24,25)(H,26,27,28)(H,29,30,31). The summed E-state index contributed by atoms with van der Waals surface area (Å²) >= 11 is 0. The molecule has 0 radical (unpaired) electrons. The topological polar surface area (TPSA) is 180 Å². The number of anilines is 1. The quantitative estimate of drug-likeness (QED) is 0.247. The number of carboxylic acids is 1. The number of hydrogen-bond donors (Lipinski definition) is 4. The van der Waals surface area contributed by atoms with Gasteiger partial charge in [-0.1, -0.05) is 12.1 Å². The number of fused-ring (bicyclic) bond motifs is 1. The van der Waals surface area contributed by atoms with E-state index in [0.29, 0.717) is 16.5 Å². The average Bonchev–Trinajstić information content (AvgIpc) is 3.29. The second-order valence-electron chi connectivity index (χ2n) is 7.31. The van der Waals surface area contributed by atoms with Crippen LogP contribution in [0.25, 0.3) is 10.8 Å². The van der Waals surface area contributed by atoms with E-state index in [1.165, 1.54) is 42.7 Å². The number of aromatic carboxylic acids is 1. The van der Waals surface area contributed by atoms with Gasteiger partial charge in [0.2, 0.25) is 0 Å². The molecule has 0 saturated carbocycles. The molecular formula is C22H17NO10S2. The van der Waals surface area contributed by atoms with Crippen molar-refractivity contribution in [2.75, 3.05) is 5.32 Å². The number of furan rings is 1. The number of carbonyl (C=O) groups is 1. The SMILES string of the molecule is O=C(O)c1cc(S(=O)(=O)O)c(Oc2ccc3cc(S(=O)(=O)O)ccc3c2)cc1NCc1ccco1. The predicted octanol–water partition coefficient (Wildman–Crippen LogP) is 4.03. The first-order valence-electron chi connectivity index (χ1n) is 9.76. The largest absolute Gasteiger partial charge is 0.478 e. The normalized spacial score (nSPS) is 11.9. The van der Waals surface area contributed by atoms with Gasteiger partial charge in [-0.15, -0.1) is 0 Å². The summed E-state index contributed by atoms with van der Waals surface area (Å²) < 4.78 is 76.5. The maximum atomic E-state index is 12.0. The lowest BCUT2D eigenvalue weighted by Gasteiger charge is -2.15. The summed E-state index contributed by atoms with van der Waals surface area (Å²) in [4.78, 5) is 10.7. The van der Waals surface area contributed by atoms with Crippen molar-refractivity contribution in [1.82, 2.24) is 0 Å². The van der Waals surface area contributed by atoms with E-state index in [9.17, 15) is 35.8 Å². The molecule has 0 bridgehead atoms. The molecule has 35 heavy (non-hydrogen) atoms. The van der Waals surface area contributed by atoms with Crippen LogP contribution in [0, 0.1) is 0 Å². The first-order valence-corrected chi connectivity index (χ1v) is 12.6. The van der Waals surface area contributed by atoms with Crippen molar-refractivity contribution in [3.05, 3.63) is 78.3 Å². The molecule has 1 heterocycles. The van der Waals surface area contributed by atoms with Crippen LogP contribution < -0.4 is 10.1 Å². The van der Waals surface area contributed by atoms with Crippen LogP contribution in [0.1, 0.15) is 16.1 Å². The average molecular weight is 520 g/mol. The van der Waals surface area contributed by atoms with Gasteiger partial charge in [0.15, 0.2) is 5.75 Å². The molecule has 182 valence electrons. The van der Waals surface area contributed by atoms with Crippen molar-refractivity contribution in [1.29, 1.82) is 0 Å². The Hall–Kier alpha value is -3.91. The van der Waals surface area contributed by atoms with Gasteiger partial charge < -0.3 is 19.6 Å². The zero-order valence-electron chi connectivity index (χ0n) is 17.6. The first kappa shape index (κ1) is 24.2. The van der Waals surface area contributed by atoms with E-state index in [4.69, 9.17) is 9.15 Å². The molecule has 11 nitrogen and oxygen atoms in total. The molecule has 0 aliphatic rings. The third-order valence-electron chi connectivity index (χ3n) is 4.93. The zero-order chi connectivity index (χ0) is 25.4. The van der Waals surface area contributed by atoms with Crippen molar-refractivity contribution in [2.45, 2.75) is 16.3 Å². The van der Waals surface area contributed by atoms with Crippen molar-refractivity contribution in [3.63, 3.8) is 0 Å². The number of benzene rings is 3. The van der Waals surface area contributed by atoms with Gasteiger partial charge in [0.1, 0.15) is 16.4 Å². The molecule has 0 saturated heterocycles. The Bertz CT molecular complexity index is 1640. The predicted molar refractivity (Wildman–Crippen MR) is 123 cm³/mol. The number of carboxylic acid groups (broad SMARTS) is 1. The molecule has 0 aliphatic carbocycles. The smallest absolute Gasteiger partial charge is 0.337 e. The molecule has 0 spiro atoms. The molecule has 4 rings (SSSR count). The van der Waals surface area contributed by atoms with E-state index in [1.807, 2.05) is 0 Å². The van der Waals surface area contributed by atoms with E-state index in [1.54, 1.807) is 12.1 Å². The van der Waals surface area contributed by atoms with E-state index < -0.39 is 36.7 Å². The van der Waals surface area contributed by atoms with Gasteiger partial charge >= 0.3 is 5.97 Å². The van der Waals surface area contributed by atoms with Crippen LogP contribution in [-0.4, -0.2) is 37.0 Å². The maximum Gasteiger partial charge on any atom is 0.337 e. The van der Waals surface area contributed by atoms with Gasteiger partial charge in [0.05, 0.1) is 29.0 Å². The Balaban J connectivity index is 1.76. The van der Waals surface area contributed by atoms with E-state index in [0.717, 1.165) is 12.1 Å². The number of hydrogen-bond acceptors (Lipinski definition) is 8. The summed E-state index contributed by atoms with van der Waals surface area (Å²) in [6.45, 7) is 0.0873. The molecule has 3 aromatic carbocycles. The minimum absolute atomic E-state index is 0.00915. The zero-order valence-corrected chi connectivity index (χ0v) is 19.2. The Morgan fingerprint density at radius 1 is 0.914 bits per heavy atom. The van der Waals surface area contributed by atoms with Gasteiger partial charge in [-0.3, -0.25) is 9.11 Å². The molecule has 0 unspecified atom stereocenters. The third-order valence-corrected chi connectivity index (χ3v) is 6.66. The van der Waals surface area contributed by atoms with Crippen LogP contribution in [0.4, 0.5) is 5.69 Å². The highest BCUT2D eigenvalue weighted by molar-refractivity contribution is 7.86. The fraction of sp³-hybridized carbons (Fsp3) is 0.0455. The van der Waals surface area contributed by atoms with Gasteiger partial charge in [0.25, 0.3) is 20.2 Å². The van der Waals surface area contributed by atoms with E-state index in [2.05, 4.69) is 5.32 Å². The summed E-state index contributed by atoms with van der Waals surface area (Å²) in [7, 11) is -9.28. The van der Waals surface area contributed by atoms with E-state index in [-0.39, 0.29) is 28.6 Å². The minimum atomic E-state index is -4.88. The summed E-state index contributed by atoms with van der Waals surface area (Å²) in [6, 6.07) is 13.4. The molecule has 0 amide bonds. The molecule has 1 aromatic heterocycles. The van der Waals surface area contributed by atoms with Gasteiger partial charge in [-0.2, -0.15) is 16.8 Å². The van der Waals surface area contributed by atoms with Crippen LogP contribution >= 0.6 is 0 Å². The summed E-state index contributed by atoms with van der Waals surface area (Å²) in [6.07, 6.45) is 1.43. The van der Waals surface area contributed by atoms with Gasteiger partial charge in [0, 0.05) is 6.07 Å². The van der Waals surface area contributed by atoms with Gasteiger partial charge in [-0.25, -0.2) is 4.79 Å². The number of nitrogens with one attached hydrogen (secondary N) is 1. The molecule has 13 heteroatoms.